The van der Waals surface area contributed by atoms with Gasteiger partial charge >= 0.3 is 11.9 Å². The second-order valence-electron chi connectivity index (χ2n) is 5.61. The van der Waals surface area contributed by atoms with Crippen molar-refractivity contribution in [2.75, 3.05) is 20.8 Å². The number of hydrogen-bond donors (Lipinski definition) is 1. The zero-order valence-corrected chi connectivity index (χ0v) is 15.5. The summed E-state index contributed by atoms with van der Waals surface area (Å²) in [5.74, 6) is -0.611. The van der Waals surface area contributed by atoms with E-state index in [1.54, 1.807) is 55.5 Å². The Morgan fingerprint density at radius 2 is 1.44 bits per heavy atom. The first-order valence-electron chi connectivity index (χ1n) is 8.41. The second-order valence-corrected chi connectivity index (χ2v) is 5.61. The molecule has 0 saturated carbocycles. The minimum atomic E-state index is -1.12. The van der Waals surface area contributed by atoms with Crippen LogP contribution in [0.4, 0.5) is 0 Å². The van der Waals surface area contributed by atoms with Crippen molar-refractivity contribution in [2.24, 2.45) is 0 Å². The summed E-state index contributed by atoms with van der Waals surface area (Å²) < 4.78 is 15.7. The summed E-state index contributed by atoms with van der Waals surface area (Å²) in [6.07, 6.45) is -0.470. The molecule has 1 N–H and O–H groups in total. The van der Waals surface area contributed by atoms with Crippen LogP contribution >= 0.6 is 0 Å². The van der Waals surface area contributed by atoms with Gasteiger partial charge in [0.05, 0.1) is 32.8 Å². The lowest BCUT2D eigenvalue weighted by molar-refractivity contribution is -0.142. The minimum Gasteiger partial charge on any atom is -0.497 e. The zero-order valence-electron chi connectivity index (χ0n) is 15.5. The van der Waals surface area contributed by atoms with Crippen molar-refractivity contribution in [3.05, 3.63) is 65.2 Å². The Kier molecular flexibility index (Phi) is 7.00. The van der Waals surface area contributed by atoms with Crippen LogP contribution in [0.15, 0.2) is 54.1 Å². The maximum atomic E-state index is 12.6. The van der Waals surface area contributed by atoms with Crippen molar-refractivity contribution < 1.29 is 28.9 Å². The van der Waals surface area contributed by atoms with Crippen LogP contribution in [0.25, 0.3) is 5.57 Å². The molecule has 27 heavy (non-hydrogen) atoms. The molecule has 2 aromatic carbocycles. The molecule has 0 spiro atoms. The largest absolute Gasteiger partial charge is 0.497 e. The van der Waals surface area contributed by atoms with Gasteiger partial charge in [0.1, 0.15) is 11.5 Å². The van der Waals surface area contributed by atoms with E-state index in [1.807, 2.05) is 0 Å². The lowest BCUT2D eigenvalue weighted by atomic mass is 9.91. The number of carboxylic acids is 1. The predicted molar refractivity (Wildman–Crippen MR) is 101 cm³/mol. The van der Waals surface area contributed by atoms with Gasteiger partial charge in [-0.05, 0) is 42.3 Å². The SMILES string of the molecule is CCOC(=O)C(CC(=O)O)=C(c1cccc(OC)c1)c1cccc(OC)c1. The first-order valence-corrected chi connectivity index (χ1v) is 8.41. The van der Waals surface area contributed by atoms with Crippen LogP contribution in [0.5, 0.6) is 11.5 Å². The summed E-state index contributed by atoms with van der Waals surface area (Å²) in [6.45, 7) is 1.82. The molecule has 0 aliphatic heterocycles. The molecule has 0 unspecified atom stereocenters. The van der Waals surface area contributed by atoms with E-state index in [0.717, 1.165) is 0 Å². The molecule has 0 aliphatic rings. The molecule has 0 radical (unpaired) electrons. The van der Waals surface area contributed by atoms with Crippen molar-refractivity contribution in [2.45, 2.75) is 13.3 Å². The highest BCUT2D eigenvalue weighted by Crippen LogP contribution is 2.33. The third-order valence-electron chi connectivity index (χ3n) is 3.87. The summed E-state index contributed by atoms with van der Waals surface area (Å²) in [5, 5.41) is 9.35. The van der Waals surface area contributed by atoms with Crippen LogP contribution in [0.1, 0.15) is 24.5 Å². The molecule has 142 valence electrons. The number of aliphatic carboxylic acids is 1. The van der Waals surface area contributed by atoms with Crippen LogP contribution in [-0.4, -0.2) is 37.9 Å². The Bertz CT molecular complexity index is 804. The predicted octanol–water partition coefficient (Wildman–Crippen LogP) is 3.54. The van der Waals surface area contributed by atoms with Crippen LogP contribution in [-0.2, 0) is 14.3 Å². The Morgan fingerprint density at radius 3 is 1.85 bits per heavy atom. The normalized spacial score (nSPS) is 10.0. The topological polar surface area (TPSA) is 82.1 Å². The number of ether oxygens (including phenoxy) is 3. The van der Waals surface area contributed by atoms with Gasteiger partial charge in [-0.1, -0.05) is 24.3 Å². The van der Waals surface area contributed by atoms with Gasteiger partial charge in [-0.2, -0.15) is 0 Å². The van der Waals surface area contributed by atoms with Crippen molar-refractivity contribution in [1.29, 1.82) is 0 Å². The molecule has 2 rings (SSSR count). The molecule has 0 fully saturated rings. The van der Waals surface area contributed by atoms with Gasteiger partial charge in [-0.15, -0.1) is 0 Å². The van der Waals surface area contributed by atoms with Crippen LogP contribution < -0.4 is 9.47 Å². The highest BCUT2D eigenvalue weighted by molar-refractivity contribution is 6.05. The quantitative estimate of drug-likeness (QED) is 0.565. The molecule has 0 heterocycles. The van der Waals surface area contributed by atoms with Gasteiger partial charge in [0.15, 0.2) is 0 Å². The number of methoxy groups -OCH3 is 2. The van der Waals surface area contributed by atoms with E-state index in [4.69, 9.17) is 14.2 Å². The van der Waals surface area contributed by atoms with Crippen LogP contribution in [0, 0.1) is 0 Å². The summed E-state index contributed by atoms with van der Waals surface area (Å²) in [4.78, 5) is 24.0. The molecule has 0 bridgehead atoms. The lowest BCUT2D eigenvalue weighted by Gasteiger charge is -2.16. The molecular weight excluding hydrogens is 348 g/mol. The monoisotopic (exact) mass is 370 g/mol. The Hall–Kier alpha value is -3.28. The number of esters is 1. The summed E-state index contributed by atoms with van der Waals surface area (Å²) in [5.41, 5.74) is 1.82. The fraction of sp³-hybridized carbons (Fsp3) is 0.238. The third-order valence-corrected chi connectivity index (χ3v) is 3.87. The number of carboxylic acid groups (broad SMARTS) is 1. The maximum absolute atomic E-state index is 12.6. The van der Waals surface area contributed by atoms with E-state index in [2.05, 4.69) is 0 Å². The maximum Gasteiger partial charge on any atom is 0.335 e. The van der Waals surface area contributed by atoms with Gasteiger partial charge in [-0.25, -0.2) is 4.79 Å². The molecular formula is C21H22O6. The van der Waals surface area contributed by atoms with E-state index in [1.165, 1.54) is 14.2 Å². The van der Waals surface area contributed by atoms with E-state index in [-0.39, 0.29) is 12.2 Å². The van der Waals surface area contributed by atoms with E-state index >= 15 is 0 Å². The van der Waals surface area contributed by atoms with E-state index < -0.39 is 18.4 Å². The van der Waals surface area contributed by atoms with Gasteiger partial charge < -0.3 is 19.3 Å². The lowest BCUT2D eigenvalue weighted by Crippen LogP contribution is -2.14. The molecule has 0 aliphatic carbocycles. The molecule has 0 atom stereocenters. The van der Waals surface area contributed by atoms with Gasteiger partial charge in [-0.3, -0.25) is 4.79 Å². The fourth-order valence-corrected chi connectivity index (χ4v) is 2.70. The molecule has 6 nitrogen and oxygen atoms in total. The Balaban J connectivity index is 2.78. The van der Waals surface area contributed by atoms with Crippen molar-refractivity contribution in [1.82, 2.24) is 0 Å². The molecule has 0 aromatic heterocycles. The fourth-order valence-electron chi connectivity index (χ4n) is 2.70. The van der Waals surface area contributed by atoms with E-state index in [0.29, 0.717) is 28.2 Å². The number of hydrogen-bond acceptors (Lipinski definition) is 5. The Morgan fingerprint density at radius 1 is 0.926 bits per heavy atom. The van der Waals surface area contributed by atoms with E-state index in [9.17, 15) is 14.7 Å². The highest BCUT2D eigenvalue weighted by Gasteiger charge is 2.23. The summed E-state index contributed by atoms with van der Waals surface area (Å²) in [6, 6.07) is 14.2. The molecule has 2 aromatic rings. The minimum absolute atomic E-state index is 0.0610. The average molecular weight is 370 g/mol. The molecule has 0 amide bonds. The summed E-state index contributed by atoms with van der Waals surface area (Å²) in [7, 11) is 3.08. The van der Waals surface area contributed by atoms with Crippen LogP contribution in [0.3, 0.4) is 0 Å². The first-order chi connectivity index (χ1) is 13.0. The average Bonchev–Trinajstić information content (AvgIpc) is 2.67. The molecule has 6 heteroatoms. The third kappa shape index (κ3) is 5.10. The van der Waals surface area contributed by atoms with Crippen molar-refractivity contribution in [3.8, 4) is 11.5 Å². The van der Waals surface area contributed by atoms with Gasteiger partial charge in [0.25, 0.3) is 0 Å². The standard InChI is InChI=1S/C21H22O6/c1-4-27-21(24)18(13-19(22)23)20(14-7-5-9-16(11-14)25-2)15-8-6-10-17(12-15)26-3/h5-12H,4,13H2,1-3H3,(H,22,23). The van der Waals surface area contributed by atoms with Crippen LogP contribution in [0.2, 0.25) is 0 Å². The zero-order chi connectivity index (χ0) is 19.8. The number of rotatable bonds is 8. The van der Waals surface area contributed by atoms with Gasteiger partial charge in [0, 0.05) is 5.57 Å². The van der Waals surface area contributed by atoms with Gasteiger partial charge in [0.2, 0.25) is 0 Å². The second kappa shape index (κ2) is 9.43. The highest BCUT2D eigenvalue weighted by atomic mass is 16.5. The van der Waals surface area contributed by atoms with Crippen molar-refractivity contribution in [3.63, 3.8) is 0 Å². The number of carbonyl (C=O) groups is 2. The van der Waals surface area contributed by atoms with Crippen molar-refractivity contribution >= 4 is 17.5 Å². The number of benzene rings is 2. The summed E-state index contributed by atoms with van der Waals surface area (Å²) >= 11 is 0. The Labute approximate surface area is 158 Å². The number of carbonyl (C=O) groups excluding carboxylic acids is 1. The molecule has 0 saturated heterocycles. The first kappa shape index (κ1) is 20.0. The smallest absolute Gasteiger partial charge is 0.335 e.